The summed E-state index contributed by atoms with van der Waals surface area (Å²) < 4.78 is 0. The van der Waals surface area contributed by atoms with Crippen molar-refractivity contribution in [3.05, 3.63) is 158 Å². The Morgan fingerprint density at radius 1 is 0.438 bits per heavy atom. The molecule has 1 aromatic heterocycles. The van der Waals surface area contributed by atoms with Crippen molar-refractivity contribution in [2.45, 2.75) is 0 Å². The van der Waals surface area contributed by atoms with Gasteiger partial charge in [0.05, 0.1) is 32.6 Å². The summed E-state index contributed by atoms with van der Waals surface area (Å²) in [6.07, 6.45) is 0. The van der Waals surface area contributed by atoms with E-state index in [9.17, 15) is 39.4 Å². The molecule has 0 aliphatic rings. The molecule has 0 saturated carbocycles. The van der Waals surface area contributed by atoms with Crippen molar-refractivity contribution in [2.24, 2.45) is 0 Å². The number of nitro benzene ring substituents is 2. The minimum atomic E-state index is -0.765. The topological polar surface area (TPSA) is 216 Å². The number of aromatic nitrogens is 1. The second-order valence-electron chi connectivity index (χ2n) is 9.86. The second kappa shape index (κ2) is 14.2. The number of nitrogens with one attached hydrogen (secondary N) is 4. The van der Waals surface area contributed by atoms with Gasteiger partial charge in [-0.25, -0.2) is 4.98 Å². The predicted octanol–water partition coefficient (Wildman–Crippen LogP) is 5.91. The summed E-state index contributed by atoms with van der Waals surface area (Å²) in [6.45, 7) is 0. The third-order valence-corrected chi connectivity index (χ3v) is 6.75. The van der Waals surface area contributed by atoms with E-state index in [-0.39, 0.29) is 56.6 Å². The van der Waals surface area contributed by atoms with Gasteiger partial charge < -0.3 is 21.3 Å². The standard InChI is InChI=1S/C33H23N7O8/c41-30(20-10-1-7-18-28(20)39(45)46)35-22-12-3-5-14-24(22)37-32(43)26-16-9-17-27(34-26)33(44)38-25-15-6-4-13-23(25)36-31(42)21-11-2-8-19-29(21)40(47)48/h1-19H,(H,35,41)(H,36,42)(H,37,43)(H,38,44). The lowest BCUT2D eigenvalue weighted by atomic mass is 10.1. The molecule has 5 rings (SSSR count). The summed E-state index contributed by atoms with van der Waals surface area (Å²) in [5.41, 5.74) is -0.797. The molecule has 15 nitrogen and oxygen atoms in total. The molecular weight excluding hydrogens is 622 g/mol. The number of nitrogens with zero attached hydrogens (tertiary/aromatic N) is 3. The van der Waals surface area contributed by atoms with Gasteiger partial charge in [-0.15, -0.1) is 0 Å². The number of para-hydroxylation sites is 6. The zero-order chi connectivity index (χ0) is 34.2. The summed E-state index contributed by atoms with van der Waals surface area (Å²) in [4.78, 5) is 77.7. The van der Waals surface area contributed by atoms with Crippen LogP contribution in [0.15, 0.2) is 115 Å². The fourth-order valence-electron chi connectivity index (χ4n) is 4.49. The molecule has 4 N–H and O–H groups in total. The Bertz CT molecular complexity index is 1960. The summed E-state index contributed by atoms with van der Waals surface area (Å²) in [6, 6.07) is 27.4. The van der Waals surface area contributed by atoms with Gasteiger partial charge in [-0.1, -0.05) is 54.6 Å². The van der Waals surface area contributed by atoms with E-state index in [1.54, 1.807) is 24.3 Å². The Morgan fingerprint density at radius 2 is 0.750 bits per heavy atom. The van der Waals surface area contributed by atoms with Gasteiger partial charge in [-0.05, 0) is 48.5 Å². The van der Waals surface area contributed by atoms with Crippen LogP contribution in [0, 0.1) is 20.2 Å². The van der Waals surface area contributed by atoms with Gasteiger partial charge in [0.2, 0.25) is 0 Å². The van der Waals surface area contributed by atoms with Crippen molar-refractivity contribution in [3.63, 3.8) is 0 Å². The lowest BCUT2D eigenvalue weighted by molar-refractivity contribution is -0.385. The number of amides is 4. The Morgan fingerprint density at radius 3 is 1.10 bits per heavy atom. The lowest BCUT2D eigenvalue weighted by Gasteiger charge is -2.13. The zero-order valence-electron chi connectivity index (χ0n) is 24.6. The van der Waals surface area contributed by atoms with Crippen LogP contribution in [0.2, 0.25) is 0 Å². The Kier molecular flexibility index (Phi) is 9.51. The maximum atomic E-state index is 13.2. The fourth-order valence-corrected chi connectivity index (χ4v) is 4.49. The number of hydrogen-bond donors (Lipinski definition) is 4. The van der Waals surface area contributed by atoms with E-state index in [4.69, 9.17) is 0 Å². The molecule has 48 heavy (non-hydrogen) atoms. The number of benzene rings is 4. The molecule has 0 bridgehead atoms. The Hall–Kier alpha value is -7.29. The number of nitro groups is 2. The molecule has 0 unspecified atom stereocenters. The summed E-state index contributed by atoms with van der Waals surface area (Å²) >= 11 is 0. The number of rotatable bonds is 10. The van der Waals surface area contributed by atoms with E-state index in [1.807, 2.05) is 0 Å². The van der Waals surface area contributed by atoms with Crippen LogP contribution in [0.1, 0.15) is 41.7 Å². The molecule has 5 aromatic rings. The van der Waals surface area contributed by atoms with Gasteiger partial charge in [-0.2, -0.15) is 0 Å². The van der Waals surface area contributed by atoms with Gasteiger partial charge >= 0.3 is 0 Å². The van der Waals surface area contributed by atoms with Crippen LogP contribution < -0.4 is 21.3 Å². The van der Waals surface area contributed by atoms with Gasteiger partial charge in [0.25, 0.3) is 35.0 Å². The second-order valence-corrected chi connectivity index (χ2v) is 9.86. The van der Waals surface area contributed by atoms with Crippen molar-refractivity contribution in [3.8, 4) is 0 Å². The first-order chi connectivity index (χ1) is 23.1. The molecule has 0 fully saturated rings. The number of carbonyl (C=O) groups is 4. The molecule has 0 radical (unpaired) electrons. The molecule has 238 valence electrons. The van der Waals surface area contributed by atoms with Crippen LogP contribution in [-0.4, -0.2) is 38.5 Å². The van der Waals surface area contributed by atoms with E-state index in [0.29, 0.717) is 0 Å². The van der Waals surface area contributed by atoms with E-state index in [2.05, 4.69) is 26.3 Å². The minimum absolute atomic E-state index is 0.152. The van der Waals surface area contributed by atoms with Gasteiger partial charge in [0.1, 0.15) is 22.5 Å². The van der Waals surface area contributed by atoms with Crippen LogP contribution in [0.4, 0.5) is 34.1 Å². The molecule has 15 heteroatoms. The zero-order valence-corrected chi connectivity index (χ0v) is 24.6. The molecule has 0 spiro atoms. The minimum Gasteiger partial charge on any atom is -0.320 e. The fraction of sp³-hybridized carbons (Fsp3) is 0. The smallest absolute Gasteiger partial charge is 0.282 e. The van der Waals surface area contributed by atoms with E-state index in [1.165, 1.54) is 91.0 Å². The van der Waals surface area contributed by atoms with Crippen molar-refractivity contribution in [1.29, 1.82) is 0 Å². The summed E-state index contributed by atoms with van der Waals surface area (Å²) in [5.74, 6) is -2.98. The largest absolute Gasteiger partial charge is 0.320 e. The monoisotopic (exact) mass is 645 g/mol. The lowest BCUT2D eigenvalue weighted by Crippen LogP contribution is -2.21. The molecule has 0 saturated heterocycles. The highest BCUT2D eigenvalue weighted by Gasteiger charge is 2.22. The maximum Gasteiger partial charge on any atom is 0.282 e. The van der Waals surface area contributed by atoms with Crippen LogP contribution in [0.3, 0.4) is 0 Å². The first-order valence-electron chi connectivity index (χ1n) is 14.0. The van der Waals surface area contributed by atoms with Crippen LogP contribution in [0.5, 0.6) is 0 Å². The third kappa shape index (κ3) is 7.32. The number of hydrogen-bond acceptors (Lipinski definition) is 9. The third-order valence-electron chi connectivity index (χ3n) is 6.75. The highest BCUT2D eigenvalue weighted by molar-refractivity contribution is 6.12. The van der Waals surface area contributed by atoms with Crippen LogP contribution in [-0.2, 0) is 0 Å². The van der Waals surface area contributed by atoms with Crippen molar-refractivity contribution < 1.29 is 29.0 Å². The molecule has 1 heterocycles. The van der Waals surface area contributed by atoms with Gasteiger partial charge in [0, 0.05) is 12.1 Å². The molecule has 4 aromatic carbocycles. The molecule has 0 aliphatic heterocycles. The van der Waals surface area contributed by atoms with E-state index < -0.39 is 33.5 Å². The summed E-state index contributed by atoms with van der Waals surface area (Å²) in [5, 5.41) is 33.1. The highest BCUT2D eigenvalue weighted by Crippen LogP contribution is 2.26. The molecule has 0 atom stereocenters. The van der Waals surface area contributed by atoms with Crippen molar-refractivity contribution in [1.82, 2.24) is 4.98 Å². The normalized spacial score (nSPS) is 10.3. The van der Waals surface area contributed by atoms with Gasteiger partial charge in [0.15, 0.2) is 0 Å². The Labute approximate surface area is 270 Å². The molecule has 0 aliphatic carbocycles. The number of carbonyl (C=O) groups excluding carboxylic acids is 4. The van der Waals surface area contributed by atoms with E-state index >= 15 is 0 Å². The number of anilines is 4. The summed E-state index contributed by atoms with van der Waals surface area (Å²) in [7, 11) is 0. The molecular formula is C33H23N7O8. The predicted molar refractivity (Wildman–Crippen MR) is 175 cm³/mol. The maximum absolute atomic E-state index is 13.2. The van der Waals surface area contributed by atoms with Crippen LogP contribution >= 0.6 is 0 Å². The van der Waals surface area contributed by atoms with Crippen molar-refractivity contribution >= 4 is 57.8 Å². The highest BCUT2D eigenvalue weighted by atomic mass is 16.6. The van der Waals surface area contributed by atoms with Crippen molar-refractivity contribution in [2.75, 3.05) is 21.3 Å². The average Bonchev–Trinajstić information content (AvgIpc) is 3.09. The van der Waals surface area contributed by atoms with E-state index in [0.717, 1.165) is 0 Å². The SMILES string of the molecule is O=C(Nc1ccccc1NC(=O)c1ccccc1[N+](=O)[O-])c1cccc(C(=O)Nc2ccccc2NC(=O)c2ccccc2[N+](=O)[O-])n1. The number of pyridine rings is 1. The molecule has 4 amide bonds. The van der Waals surface area contributed by atoms with Crippen LogP contribution in [0.25, 0.3) is 0 Å². The first-order valence-corrected chi connectivity index (χ1v) is 14.0. The van der Waals surface area contributed by atoms with Gasteiger partial charge in [-0.3, -0.25) is 39.4 Å². The first kappa shape index (κ1) is 32.1. The average molecular weight is 646 g/mol. The Balaban J connectivity index is 1.30. The quantitative estimate of drug-likeness (QED) is 0.105.